The van der Waals surface area contributed by atoms with E-state index < -0.39 is 0 Å². The lowest BCUT2D eigenvalue weighted by Gasteiger charge is -2.03. The topological polar surface area (TPSA) is 38.1 Å². The lowest BCUT2D eigenvalue weighted by molar-refractivity contribution is 0.409. The Morgan fingerprint density at radius 3 is 2.89 bits per heavy atom. The molecular weight excluding hydrogens is 248 g/mol. The van der Waals surface area contributed by atoms with E-state index in [0.717, 1.165) is 36.1 Å². The number of nitrogens with zero attached hydrogens (tertiary/aromatic N) is 1. The second-order valence-electron chi connectivity index (χ2n) is 4.62. The Morgan fingerprint density at radius 2 is 2.17 bits per heavy atom. The number of hydrogen-bond donors (Lipinski definition) is 1. The van der Waals surface area contributed by atoms with Gasteiger partial charge in [-0.05, 0) is 37.1 Å². The maximum Gasteiger partial charge on any atom is 0.211 e. The number of nitrogens with one attached hydrogen (secondary N) is 1. The van der Waals surface area contributed by atoms with Crippen molar-refractivity contribution in [2.75, 3.05) is 6.54 Å². The van der Waals surface area contributed by atoms with Gasteiger partial charge in [0.05, 0.1) is 12.2 Å². The average Bonchev–Trinajstić information content (AvgIpc) is 3.02. The number of hydrogen-bond acceptors (Lipinski definition) is 3. The summed E-state index contributed by atoms with van der Waals surface area (Å²) in [6.45, 7) is 1.06. The normalized spacial score (nSPS) is 19.3. The van der Waals surface area contributed by atoms with Crippen LogP contribution in [-0.2, 0) is 6.42 Å². The van der Waals surface area contributed by atoms with Crippen LogP contribution in [0.5, 0.6) is 0 Å². The molecule has 1 unspecified atom stereocenters. The van der Waals surface area contributed by atoms with Crippen molar-refractivity contribution >= 4 is 11.6 Å². The first-order chi connectivity index (χ1) is 8.81. The van der Waals surface area contributed by atoms with Crippen molar-refractivity contribution in [3.8, 4) is 0 Å². The number of aromatic nitrogens is 1. The van der Waals surface area contributed by atoms with Crippen LogP contribution in [0.2, 0.25) is 5.02 Å². The number of halogens is 1. The third kappa shape index (κ3) is 2.57. The maximum absolute atomic E-state index is 5.86. The van der Waals surface area contributed by atoms with Gasteiger partial charge in [-0.2, -0.15) is 0 Å². The van der Waals surface area contributed by atoms with Crippen LogP contribution in [0, 0.1) is 0 Å². The van der Waals surface area contributed by atoms with Crippen LogP contribution < -0.4 is 5.32 Å². The lowest BCUT2D eigenvalue weighted by atomic mass is 10.1. The molecule has 4 heteroatoms. The SMILES string of the molecule is Clc1ccc(Cc2cnc(C3CCCN3)o2)cc1. The van der Waals surface area contributed by atoms with Crippen LogP contribution in [0.25, 0.3) is 0 Å². The first kappa shape index (κ1) is 11.8. The summed E-state index contributed by atoms with van der Waals surface area (Å²) in [6.07, 6.45) is 4.89. The summed E-state index contributed by atoms with van der Waals surface area (Å²) < 4.78 is 5.80. The molecule has 1 aliphatic heterocycles. The molecule has 0 radical (unpaired) electrons. The van der Waals surface area contributed by atoms with Crippen molar-refractivity contribution in [3.63, 3.8) is 0 Å². The highest BCUT2D eigenvalue weighted by Gasteiger charge is 2.20. The zero-order valence-electron chi connectivity index (χ0n) is 10.0. The van der Waals surface area contributed by atoms with Crippen molar-refractivity contribution in [2.45, 2.75) is 25.3 Å². The molecular formula is C14H15ClN2O. The first-order valence-electron chi connectivity index (χ1n) is 6.24. The number of benzene rings is 1. The van der Waals surface area contributed by atoms with Crippen molar-refractivity contribution in [1.29, 1.82) is 0 Å². The highest BCUT2D eigenvalue weighted by molar-refractivity contribution is 6.30. The summed E-state index contributed by atoms with van der Waals surface area (Å²) in [4.78, 5) is 4.36. The van der Waals surface area contributed by atoms with E-state index >= 15 is 0 Å². The fourth-order valence-electron chi connectivity index (χ4n) is 2.26. The Morgan fingerprint density at radius 1 is 1.33 bits per heavy atom. The van der Waals surface area contributed by atoms with Gasteiger partial charge in [0.1, 0.15) is 5.76 Å². The van der Waals surface area contributed by atoms with Gasteiger partial charge in [-0.3, -0.25) is 0 Å². The van der Waals surface area contributed by atoms with Crippen LogP contribution in [0.4, 0.5) is 0 Å². The predicted molar refractivity (Wildman–Crippen MR) is 70.7 cm³/mol. The van der Waals surface area contributed by atoms with Crippen molar-refractivity contribution in [2.24, 2.45) is 0 Å². The molecule has 1 aromatic heterocycles. The summed E-state index contributed by atoms with van der Waals surface area (Å²) in [7, 11) is 0. The monoisotopic (exact) mass is 262 g/mol. The second kappa shape index (κ2) is 5.12. The highest BCUT2D eigenvalue weighted by Crippen LogP contribution is 2.23. The third-order valence-corrected chi connectivity index (χ3v) is 3.47. The molecule has 1 saturated heterocycles. The van der Waals surface area contributed by atoms with Crippen LogP contribution in [-0.4, -0.2) is 11.5 Å². The first-order valence-corrected chi connectivity index (χ1v) is 6.61. The van der Waals surface area contributed by atoms with Gasteiger partial charge in [-0.15, -0.1) is 0 Å². The number of rotatable bonds is 3. The van der Waals surface area contributed by atoms with Gasteiger partial charge in [0, 0.05) is 11.4 Å². The van der Waals surface area contributed by atoms with E-state index in [9.17, 15) is 0 Å². The Labute approximate surface area is 111 Å². The van der Waals surface area contributed by atoms with Gasteiger partial charge in [-0.1, -0.05) is 23.7 Å². The van der Waals surface area contributed by atoms with E-state index in [0.29, 0.717) is 6.04 Å². The van der Waals surface area contributed by atoms with Crippen LogP contribution in [0.15, 0.2) is 34.9 Å². The maximum atomic E-state index is 5.86. The minimum Gasteiger partial charge on any atom is -0.444 e. The molecule has 2 heterocycles. The van der Waals surface area contributed by atoms with E-state index in [1.54, 1.807) is 0 Å². The third-order valence-electron chi connectivity index (χ3n) is 3.22. The molecule has 1 aliphatic rings. The standard InChI is InChI=1S/C14H15ClN2O/c15-11-5-3-10(4-6-11)8-12-9-17-14(18-12)13-2-1-7-16-13/h3-6,9,13,16H,1-2,7-8H2. The molecule has 0 aliphatic carbocycles. The van der Waals surface area contributed by atoms with E-state index in [2.05, 4.69) is 10.3 Å². The minimum atomic E-state index is 0.295. The molecule has 0 spiro atoms. The highest BCUT2D eigenvalue weighted by atomic mass is 35.5. The molecule has 3 rings (SSSR count). The molecule has 1 fully saturated rings. The summed E-state index contributed by atoms with van der Waals surface area (Å²) in [5.41, 5.74) is 1.18. The molecule has 0 bridgehead atoms. The summed E-state index contributed by atoms with van der Waals surface area (Å²) in [5, 5.41) is 4.14. The fraction of sp³-hybridized carbons (Fsp3) is 0.357. The van der Waals surface area contributed by atoms with Crippen molar-refractivity contribution in [1.82, 2.24) is 10.3 Å². The largest absolute Gasteiger partial charge is 0.444 e. The van der Waals surface area contributed by atoms with Crippen LogP contribution in [0.1, 0.15) is 36.1 Å². The molecule has 1 aromatic carbocycles. The van der Waals surface area contributed by atoms with Crippen LogP contribution in [0.3, 0.4) is 0 Å². The van der Waals surface area contributed by atoms with Crippen LogP contribution >= 0.6 is 11.6 Å². The quantitative estimate of drug-likeness (QED) is 0.922. The Kier molecular flexibility index (Phi) is 3.35. The Hall–Kier alpha value is -1.32. The lowest BCUT2D eigenvalue weighted by Crippen LogP contribution is -2.12. The zero-order chi connectivity index (χ0) is 12.4. The van der Waals surface area contributed by atoms with Gasteiger partial charge in [0.25, 0.3) is 0 Å². The van der Waals surface area contributed by atoms with Gasteiger partial charge < -0.3 is 9.73 Å². The summed E-state index contributed by atoms with van der Waals surface area (Å²) >= 11 is 5.86. The summed E-state index contributed by atoms with van der Waals surface area (Å²) in [6, 6.07) is 8.11. The zero-order valence-corrected chi connectivity index (χ0v) is 10.8. The molecule has 0 saturated carbocycles. The van der Waals surface area contributed by atoms with E-state index in [4.69, 9.17) is 16.0 Å². The summed E-state index contributed by atoms with van der Waals surface area (Å²) in [5.74, 6) is 1.72. The van der Waals surface area contributed by atoms with Crippen molar-refractivity contribution in [3.05, 3.63) is 52.7 Å². The molecule has 18 heavy (non-hydrogen) atoms. The fourth-order valence-corrected chi connectivity index (χ4v) is 2.39. The smallest absolute Gasteiger partial charge is 0.211 e. The minimum absolute atomic E-state index is 0.295. The Bertz CT molecular complexity index is 515. The van der Waals surface area contributed by atoms with Gasteiger partial charge in [-0.25, -0.2) is 4.98 Å². The Balaban J connectivity index is 1.71. The van der Waals surface area contributed by atoms with Gasteiger partial charge in [0.2, 0.25) is 5.89 Å². The second-order valence-corrected chi connectivity index (χ2v) is 5.05. The molecule has 3 nitrogen and oxygen atoms in total. The molecule has 1 N–H and O–H groups in total. The van der Waals surface area contributed by atoms with E-state index in [1.807, 2.05) is 30.5 Å². The molecule has 94 valence electrons. The molecule has 1 atom stereocenters. The van der Waals surface area contributed by atoms with Gasteiger partial charge in [0.15, 0.2) is 0 Å². The predicted octanol–water partition coefficient (Wildman–Crippen LogP) is 3.34. The van der Waals surface area contributed by atoms with E-state index in [-0.39, 0.29) is 0 Å². The molecule has 2 aromatic rings. The van der Waals surface area contributed by atoms with Crippen molar-refractivity contribution < 1.29 is 4.42 Å². The average molecular weight is 263 g/mol. The molecule has 0 amide bonds. The van der Waals surface area contributed by atoms with E-state index in [1.165, 1.54) is 12.0 Å². The number of oxazole rings is 1. The van der Waals surface area contributed by atoms with Gasteiger partial charge >= 0.3 is 0 Å².